The fourth-order valence-corrected chi connectivity index (χ4v) is 10.0. The van der Waals surface area contributed by atoms with E-state index in [9.17, 15) is 4.79 Å². The van der Waals surface area contributed by atoms with Crippen molar-refractivity contribution in [3.63, 3.8) is 0 Å². The third-order valence-corrected chi connectivity index (χ3v) is 11.9. The summed E-state index contributed by atoms with van der Waals surface area (Å²) in [6, 6.07) is 0. The van der Waals surface area contributed by atoms with E-state index in [4.69, 9.17) is 13.9 Å². The second kappa shape index (κ2) is 10.1. The van der Waals surface area contributed by atoms with Crippen LogP contribution in [-0.2, 0) is 18.7 Å². The average molecular weight is 373 g/mol. The molecule has 0 radical (unpaired) electrons. The van der Waals surface area contributed by atoms with Gasteiger partial charge in [-0.15, -0.1) is 0 Å². The highest BCUT2D eigenvalue weighted by Crippen LogP contribution is 2.44. The fraction of sp³-hybridized carbons (Fsp3) is 0.950. The molecule has 1 aliphatic heterocycles. The van der Waals surface area contributed by atoms with E-state index in [2.05, 4.69) is 48.5 Å². The van der Waals surface area contributed by atoms with Crippen LogP contribution in [0.25, 0.3) is 0 Å². The molecule has 0 aromatic carbocycles. The van der Waals surface area contributed by atoms with Gasteiger partial charge in [0.05, 0.1) is 31.8 Å². The molecule has 0 spiro atoms. The topological polar surface area (TPSA) is 48.1 Å². The Kier molecular flexibility index (Phi) is 9.13. The number of unbranched alkanes of at least 4 members (excludes halogenated alkanes) is 1. The number of esters is 1. The van der Waals surface area contributed by atoms with Crippen LogP contribution in [0.2, 0.25) is 16.6 Å². The molecule has 1 aliphatic rings. The van der Waals surface area contributed by atoms with Crippen molar-refractivity contribution in [3.8, 4) is 0 Å². The van der Waals surface area contributed by atoms with E-state index in [0.29, 0.717) is 29.1 Å². The van der Waals surface area contributed by atoms with Gasteiger partial charge in [0.15, 0.2) is 0 Å². The Morgan fingerprint density at radius 2 is 1.60 bits per heavy atom. The highest BCUT2D eigenvalue weighted by atomic mass is 28.4. The number of rotatable bonds is 12. The zero-order chi connectivity index (χ0) is 19.2. The van der Waals surface area contributed by atoms with E-state index in [-0.39, 0.29) is 18.2 Å². The molecule has 148 valence electrons. The van der Waals surface area contributed by atoms with E-state index in [0.717, 1.165) is 12.8 Å². The summed E-state index contributed by atoms with van der Waals surface area (Å²) < 4.78 is 17.6. The number of carbonyl (C=O) groups excluding carboxylic acids is 1. The van der Waals surface area contributed by atoms with Crippen molar-refractivity contribution in [3.05, 3.63) is 0 Å². The van der Waals surface area contributed by atoms with Gasteiger partial charge in [0.25, 0.3) is 0 Å². The molecule has 0 amide bonds. The van der Waals surface area contributed by atoms with Crippen LogP contribution in [0, 0.1) is 0 Å². The van der Waals surface area contributed by atoms with E-state index >= 15 is 0 Å². The largest absolute Gasteiger partial charge is 0.469 e. The van der Waals surface area contributed by atoms with Gasteiger partial charge in [0, 0.05) is 6.42 Å². The minimum atomic E-state index is -2.02. The van der Waals surface area contributed by atoms with Crippen LogP contribution >= 0.6 is 0 Å². The molecule has 1 fully saturated rings. The maximum Gasteiger partial charge on any atom is 0.308 e. The molecule has 1 heterocycles. The quantitative estimate of drug-likeness (QED) is 0.259. The van der Waals surface area contributed by atoms with Crippen LogP contribution in [0.4, 0.5) is 0 Å². The number of methoxy groups -OCH3 is 1. The Labute approximate surface area is 156 Å². The first kappa shape index (κ1) is 22.6. The zero-order valence-electron chi connectivity index (χ0n) is 17.6. The molecule has 5 heteroatoms. The van der Waals surface area contributed by atoms with Gasteiger partial charge in [-0.2, -0.15) is 0 Å². The maximum absolute atomic E-state index is 11.9. The lowest BCUT2D eigenvalue weighted by atomic mass is 10.1. The van der Waals surface area contributed by atoms with Crippen molar-refractivity contribution in [1.29, 1.82) is 0 Å². The van der Waals surface area contributed by atoms with Gasteiger partial charge in [0.2, 0.25) is 8.32 Å². The molecule has 1 rings (SSSR count). The maximum atomic E-state index is 11.9. The molecule has 0 saturated carbocycles. The highest BCUT2D eigenvalue weighted by molar-refractivity contribution is 6.77. The van der Waals surface area contributed by atoms with Gasteiger partial charge in [-0.1, -0.05) is 61.3 Å². The molecular weight excluding hydrogens is 332 g/mol. The van der Waals surface area contributed by atoms with Crippen molar-refractivity contribution in [2.24, 2.45) is 0 Å². The summed E-state index contributed by atoms with van der Waals surface area (Å²) in [7, 11) is -0.567. The molecule has 0 aromatic rings. The molecule has 1 saturated heterocycles. The van der Waals surface area contributed by atoms with Crippen molar-refractivity contribution >= 4 is 14.3 Å². The SMILES string of the molecule is CCCC[C@@H]1O[C@H]1C[C@@H](CC(=O)OC)O[Si](C(C)C)(C(C)C)C(C)C. The van der Waals surface area contributed by atoms with Crippen molar-refractivity contribution in [2.75, 3.05) is 7.11 Å². The van der Waals surface area contributed by atoms with Gasteiger partial charge in [0.1, 0.15) is 0 Å². The van der Waals surface area contributed by atoms with Crippen molar-refractivity contribution in [2.45, 2.75) is 116 Å². The number of carbonyl (C=O) groups is 1. The molecule has 0 unspecified atom stereocenters. The van der Waals surface area contributed by atoms with Crippen molar-refractivity contribution in [1.82, 2.24) is 0 Å². The summed E-state index contributed by atoms with van der Waals surface area (Å²) in [4.78, 5) is 11.9. The van der Waals surface area contributed by atoms with Crippen LogP contribution in [0.5, 0.6) is 0 Å². The number of ether oxygens (including phenoxy) is 2. The first-order valence-corrected chi connectivity index (χ1v) is 12.2. The number of hydrogen-bond acceptors (Lipinski definition) is 4. The summed E-state index contributed by atoms with van der Waals surface area (Å²) in [5.41, 5.74) is 1.51. The lowest BCUT2D eigenvalue weighted by molar-refractivity contribution is -0.142. The Morgan fingerprint density at radius 3 is 2.04 bits per heavy atom. The standard InChI is InChI=1S/C20H40O4Si/c1-9-10-11-18-19(23-18)12-17(13-20(21)22-8)24-25(14(2)3,15(4)5)16(6)7/h14-19H,9-13H2,1-8H3/t17-,18-,19-/m0/s1. The number of epoxide rings is 1. The Balaban J connectivity index is 2.85. The second-order valence-corrected chi connectivity index (χ2v) is 13.8. The molecule has 25 heavy (non-hydrogen) atoms. The Hall–Kier alpha value is -0.393. The molecule has 0 aromatic heterocycles. The molecule has 0 aliphatic carbocycles. The predicted molar refractivity (Wildman–Crippen MR) is 105 cm³/mol. The third-order valence-electron chi connectivity index (χ3n) is 5.72. The van der Waals surface area contributed by atoms with Crippen LogP contribution in [0.1, 0.15) is 80.6 Å². The molecule has 4 nitrogen and oxygen atoms in total. The summed E-state index contributed by atoms with van der Waals surface area (Å²) in [5.74, 6) is -0.185. The lowest BCUT2D eigenvalue weighted by Gasteiger charge is -2.44. The van der Waals surface area contributed by atoms with E-state index in [1.54, 1.807) is 0 Å². The van der Waals surface area contributed by atoms with Crippen LogP contribution in [0.15, 0.2) is 0 Å². The highest BCUT2D eigenvalue weighted by Gasteiger charge is 2.48. The third kappa shape index (κ3) is 6.07. The second-order valence-electron chi connectivity index (χ2n) is 8.43. The summed E-state index contributed by atoms with van der Waals surface area (Å²) in [5, 5.41) is 0. The minimum absolute atomic E-state index is 0.0945. The lowest BCUT2D eigenvalue weighted by Crippen LogP contribution is -2.50. The average Bonchev–Trinajstić information content (AvgIpc) is 3.26. The molecule has 0 bridgehead atoms. The summed E-state index contributed by atoms with van der Waals surface area (Å²) >= 11 is 0. The predicted octanol–water partition coefficient (Wildman–Crippen LogP) is 5.46. The first-order valence-electron chi connectivity index (χ1n) is 10.1. The summed E-state index contributed by atoms with van der Waals surface area (Å²) in [6.45, 7) is 15.9. The van der Waals surface area contributed by atoms with Gasteiger partial charge < -0.3 is 13.9 Å². The smallest absolute Gasteiger partial charge is 0.308 e. The van der Waals surface area contributed by atoms with Gasteiger partial charge >= 0.3 is 5.97 Å². The monoisotopic (exact) mass is 372 g/mol. The molecule has 0 N–H and O–H groups in total. The zero-order valence-corrected chi connectivity index (χ0v) is 18.6. The Morgan fingerprint density at radius 1 is 1.04 bits per heavy atom. The van der Waals surface area contributed by atoms with E-state index in [1.807, 2.05) is 0 Å². The van der Waals surface area contributed by atoms with Crippen LogP contribution < -0.4 is 0 Å². The Bertz CT molecular complexity index is 387. The van der Waals surface area contributed by atoms with Crippen molar-refractivity contribution < 1.29 is 18.7 Å². The number of hydrogen-bond donors (Lipinski definition) is 0. The summed E-state index contributed by atoms with van der Waals surface area (Å²) in [6.07, 6.45) is 5.17. The van der Waals surface area contributed by atoms with Crippen LogP contribution in [0.3, 0.4) is 0 Å². The van der Waals surface area contributed by atoms with E-state index in [1.165, 1.54) is 20.0 Å². The van der Waals surface area contributed by atoms with Gasteiger partial charge in [-0.25, -0.2) is 0 Å². The van der Waals surface area contributed by atoms with Crippen LogP contribution in [-0.4, -0.2) is 39.7 Å². The minimum Gasteiger partial charge on any atom is -0.469 e. The normalized spacial score (nSPS) is 21.9. The fourth-order valence-electron chi connectivity index (χ4n) is 4.44. The van der Waals surface area contributed by atoms with E-state index < -0.39 is 8.32 Å². The first-order chi connectivity index (χ1) is 11.7. The molecular formula is C20H40O4Si. The molecule has 3 atom stereocenters. The van der Waals surface area contributed by atoms with Gasteiger partial charge in [-0.05, 0) is 23.0 Å². The van der Waals surface area contributed by atoms with Gasteiger partial charge in [-0.3, -0.25) is 4.79 Å².